The summed E-state index contributed by atoms with van der Waals surface area (Å²) in [4.78, 5) is 47.2. The zero-order chi connectivity index (χ0) is 16.7. The van der Waals surface area contributed by atoms with Gasteiger partial charge in [0, 0.05) is 25.3 Å². The van der Waals surface area contributed by atoms with E-state index in [1.54, 1.807) is 34.7 Å². The van der Waals surface area contributed by atoms with E-state index in [1.807, 2.05) is 0 Å². The number of imide groups is 1. The molecule has 0 aliphatic carbocycles. The quantitative estimate of drug-likeness (QED) is 0.884. The Kier molecular flexibility index (Phi) is 3.76. The summed E-state index contributed by atoms with van der Waals surface area (Å²) in [6.45, 7) is 1.04. The maximum atomic E-state index is 12.6. The smallest absolute Gasteiger partial charge is 0.350 e. The van der Waals surface area contributed by atoms with Crippen molar-refractivity contribution in [1.29, 1.82) is 0 Å². The fourth-order valence-corrected chi connectivity index (χ4v) is 4.18. The molecule has 4 heterocycles. The van der Waals surface area contributed by atoms with Crippen molar-refractivity contribution in [1.82, 2.24) is 14.8 Å². The van der Waals surface area contributed by atoms with Gasteiger partial charge in [-0.25, -0.2) is 4.79 Å². The number of H-pyrrole nitrogens is 1. The van der Waals surface area contributed by atoms with Gasteiger partial charge in [-0.05, 0) is 36.5 Å². The van der Waals surface area contributed by atoms with E-state index in [0.717, 1.165) is 0 Å². The molecule has 1 atom stereocenters. The Balaban J connectivity index is 1.44. The van der Waals surface area contributed by atoms with Crippen molar-refractivity contribution in [2.75, 3.05) is 13.1 Å². The number of aromatic amines is 1. The minimum Gasteiger partial charge on any atom is -0.357 e. The van der Waals surface area contributed by atoms with Crippen molar-refractivity contribution >= 4 is 35.3 Å². The van der Waals surface area contributed by atoms with E-state index in [1.165, 1.54) is 16.7 Å². The van der Waals surface area contributed by atoms with Gasteiger partial charge in [0.2, 0.25) is 0 Å². The van der Waals surface area contributed by atoms with Crippen LogP contribution in [0.15, 0.2) is 34.8 Å². The Labute approximate surface area is 142 Å². The standard InChI is InChI=1S/C16H16N4O3S/c21-14(12-2-1-6-17-12)19-7-3-10(4-8-19)20-15(22)13-11(5-9-24-13)18-16(20)23/h1-2,5-6,9-10,13,17H,3-4,7-8H2. The van der Waals surface area contributed by atoms with Crippen LogP contribution in [0.2, 0.25) is 0 Å². The number of aromatic nitrogens is 1. The summed E-state index contributed by atoms with van der Waals surface area (Å²) in [7, 11) is 0. The highest BCUT2D eigenvalue weighted by atomic mass is 32.2. The maximum absolute atomic E-state index is 12.6. The Morgan fingerprint density at radius 1 is 1.29 bits per heavy atom. The molecule has 124 valence electrons. The predicted molar refractivity (Wildman–Crippen MR) is 89.9 cm³/mol. The number of fused-ring (bicyclic) bond motifs is 1. The summed E-state index contributed by atoms with van der Waals surface area (Å²) in [6.07, 6.45) is 4.60. The Morgan fingerprint density at radius 3 is 2.79 bits per heavy atom. The third-order valence-corrected chi connectivity index (χ3v) is 5.57. The van der Waals surface area contributed by atoms with E-state index >= 15 is 0 Å². The summed E-state index contributed by atoms with van der Waals surface area (Å²) in [6, 6.07) is 2.86. The van der Waals surface area contributed by atoms with Gasteiger partial charge in [0.25, 0.3) is 11.8 Å². The molecule has 4 rings (SSSR count). The summed E-state index contributed by atoms with van der Waals surface area (Å²) in [5.74, 6) is -0.236. The van der Waals surface area contributed by atoms with Crippen LogP contribution in [0.1, 0.15) is 23.3 Å². The number of piperidine rings is 1. The van der Waals surface area contributed by atoms with Crippen LogP contribution < -0.4 is 0 Å². The largest absolute Gasteiger partial charge is 0.357 e. The lowest BCUT2D eigenvalue weighted by atomic mass is 10.0. The molecule has 0 bridgehead atoms. The molecule has 0 radical (unpaired) electrons. The van der Waals surface area contributed by atoms with Gasteiger partial charge in [-0.2, -0.15) is 4.99 Å². The lowest BCUT2D eigenvalue weighted by molar-refractivity contribution is -0.129. The first kappa shape index (κ1) is 15.2. The van der Waals surface area contributed by atoms with Crippen LogP contribution in [-0.4, -0.2) is 62.7 Å². The summed E-state index contributed by atoms with van der Waals surface area (Å²) < 4.78 is 0. The number of carbonyl (C=O) groups is 3. The first-order valence-corrected chi connectivity index (χ1v) is 8.80. The highest BCUT2D eigenvalue weighted by Crippen LogP contribution is 2.30. The molecule has 0 spiro atoms. The Bertz CT molecular complexity index is 747. The maximum Gasteiger partial charge on any atom is 0.350 e. The van der Waals surface area contributed by atoms with Crippen LogP contribution in [0.5, 0.6) is 0 Å². The van der Waals surface area contributed by atoms with Gasteiger partial charge in [0.1, 0.15) is 10.9 Å². The topological polar surface area (TPSA) is 85.8 Å². The van der Waals surface area contributed by atoms with Gasteiger partial charge in [-0.3, -0.25) is 14.5 Å². The van der Waals surface area contributed by atoms with Crippen molar-refractivity contribution in [3.8, 4) is 0 Å². The van der Waals surface area contributed by atoms with E-state index < -0.39 is 6.03 Å². The van der Waals surface area contributed by atoms with Gasteiger partial charge in [-0.15, -0.1) is 11.8 Å². The summed E-state index contributed by atoms with van der Waals surface area (Å²) in [5, 5.41) is 1.41. The zero-order valence-electron chi connectivity index (χ0n) is 12.8. The second-order valence-electron chi connectivity index (χ2n) is 5.95. The van der Waals surface area contributed by atoms with Gasteiger partial charge in [-0.1, -0.05) is 0 Å². The molecule has 7 nitrogen and oxygen atoms in total. The number of aliphatic imine (C=N–C) groups is 1. The molecule has 1 aromatic rings. The number of hydrogen-bond acceptors (Lipinski definition) is 4. The summed E-state index contributed by atoms with van der Waals surface area (Å²) >= 11 is 1.38. The van der Waals surface area contributed by atoms with Crippen LogP contribution in [0.4, 0.5) is 4.79 Å². The molecule has 0 aromatic carbocycles. The Hall–Kier alpha value is -2.35. The summed E-state index contributed by atoms with van der Waals surface area (Å²) in [5.41, 5.74) is 1.10. The van der Waals surface area contributed by atoms with Crippen molar-refractivity contribution in [3.63, 3.8) is 0 Å². The van der Waals surface area contributed by atoms with Gasteiger partial charge in [0.05, 0.1) is 5.71 Å². The molecule has 1 unspecified atom stereocenters. The molecule has 1 N–H and O–H groups in total. The van der Waals surface area contributed by atoms with Crippen LogP contribution in [-0.2, 0) is 4.79 Å². The lowest BCUT2D eigenvalue weighted by Gasteiger charge is -2.38. The first-order valence-electron chi connectivity index (χ1n) is 7.85. The van der Waals surface area contributed by atoms with E-state index in [4.69, 9.17) is 0 Å². The number of carbonyl (C=O) groups excluding carboxylic acids is 3. The van der Waals surface area contributed by atoms with E-state index in [0.29, 0.717) is 37.3 Å². The zero-order valence-corrected chi connectivity index (χ0v) is 13.7. The molecule has 8 heteroatoms. The molecule has 24 heavy (non-hydrogen) atoms. The van der Waals surface area contributed by atoms with Crippen molar-refractivity contribution < 1.29 is 14.4 Å². The van der Waals surface area contributed by atoms with E-state index in [9.17, 15) is 14.4 Å². The van der Waals surface area contributed by atoms with E-state index in [2.05, 4.69) is 9.98 Å². The van der Waals surface area contributed by atoms with Gasteiger partial charge >= 0.3 is 6.03 Å². The first-order chi connectivity index (χ1) is 11.6. The minimum absolute atomic E-state index is 0.0504. The second-order valence-corrected chi connectivity index (χ2v) is 6.97. The molecule has 1 fully saturated rings. The fraction of sp³-hybridized carbons (Fsp3) is 0.375. The van der Waals surface area contributed by atoms with Crippen molar-refractivity contribution in [2.24, 2.45) is 4.99 Å². The van der Waals surface area contributed by atoms with Crippen LogP contribution >= 0.6 is 11.8 Å². The number of hydrogen-bond donors (Lipinski definition) is 1. The third-order valence-electron chi connectivity index (χ3n) is 4.56. The number of nitrogens with zero attached hydrogens (tertiary/aromatic N) is 3. The lowest BCUT2D eigenvalue weighted by Crippen LogP contribution is -2.55. The molecular weight excluding hydrogens is 328 g/mol. The third kappa shape index (κ3) is 2.47. The number of urea groups is 1. The highest BCUT2D eigenvalue weighted by molar-refractivity contribution is 8.04. The second kappa shape index (κ2) is 5.94. The molecule has 1 saturated heterocycles. The van der Waals surface area contributed by atoms with Crippen molar-refractivity contribution in [2.45, 2.75) is 24.1 Å². The molecule has 4 amide bonds. The van der Waals surface area contributed by atoms with E-state index in [-0.39, 0.29) is 23.1 Å². The van der Waals surface area contributed by atoms with Gasteiger partial charge < -0.3 is 9.88 Å². The molecule has 1 aromatic heterocycles. The number of amides is 4. The number of rotatable bonds is 2. The fourth-order valence-electron chi connectivity index (χ4n) is 3.31. The molecule has 3 aliphatic heterocycles. The monoisotopic (exact) mass is 344 g/mol. The Morgan fingerprint density at radius 2 is 2.08 bits per heavy atom. The van der Waals surface area contributed by atoms with Crippen LogP contribution in [0, 0.1) is 0 Å². The number of thioether (sulfide) groups is 1. The normalized spacial score (nSPS) is 24.3. The molecular formula is C16H16N4O3S. The van der Waals surface area contributed by atoms with Crippen LogP contribution in [0.25, 0.3) is 0 Å². The highest BCUT2D eigenvalue weighted by Gasteiger charge is 2.42. The average molecular weight is 344 g/mol. The van der Waals surface area contributed by atoms with Gasteiger partial charge in [0.15, 0.2) is 0 Å². The van der Waals surface area contributed by atoms with Crippen LogP contribution in [0.3, 0.4) is 0 Å². The predicted octanol–water partition coefficient (Wildman–Crippen LogP) is 1.65. The molecule has 0 saturated carbocycles. The van der Waals surface area contributed by atoms with Crippen molar-refractivity contribution in [3.05, 3.63) is 35.5 Å². The SMILES string of the molecule is O=C(c1ccc[nH]1)N1CCC(N2C(=O)N=C3C=CSC3C2=O)CC1. The molecule has 3 aliphatic rings. The number of allylic oxidation sites excluding steroid dienone is 1. The number of nitrogens with one attached hydrogen (secondary N) is 1. The minimum atomic E-state index is -0.479. The number of likely N-dealkylation sites (tertiary alicyclic amines) is 1. The average Bonchev–Trinajstić information content (AvgIpc) is 3.26.